The van der Waals surface area contributed by atoms with Crippen molar-refractivity contribution in [2.24, 2.45) is 0 Å². The Bertz CT molecular complexity index is 423. The van der Waals surface area contributed by atoms with E-state index >= 15 is 0 Å². The van der Waals surface area contributed by atoms with Crippen molar-refractivity contribution in [2.45, 2.75) is 6.54 Å². The van der Waals surface area contributed by atoms with Gasteiger partial charge in [-0.1, -0.05) is 23.2 Å². The van der Waals surface area contributed by atoms with Gasteiger partial charge in [-0.15, -0.1) is 0 Å². The molecule has 1 fully saturated rings. The first-order valence-corrected chi connectivity index (χ1v) is 7.10. The van der Waals surface area contributed by atoms with Crippen molar-refractivity contribution in [2.75, 3.05) is 39.4 Å². The van der Waals surface area contributed by atoms with Gasteiger partial charge in [0.05, 0.1) is 18.2 Å². The third-order valence-electron chi connectivity index (χ3n) is 3.13. The van der Waals surface area contributed by atoms with E-state index in [0.717, 1.165) is 45.0 Å². The molecule has 1 aromatic rings. The van der Waals surface area contributed by atoms with Crippen molar-refractivity contribution in [1.82, 2.24) is 10.2 Å². The molecule has 106 valence electrons. The highest BCUT2D eigenvalue weighted by Crippen LogP contribution is 2.30. The first-order chi connectivity index (χ1) is 9.16. The number of morpholine rings is 1. The van der Waals surface area contributed by atoms with E-state index in [0.29, 0.717) is 11.6 Å². The molecule has 1 aromatic carbocycles. The molecule has 0 bridgehead atoms. The minimum atomic E-state index is 0.102. The second-order valence-electron chi connectivity index (χ2n) is 4.53. The van der Waals surface area contributed by atoms with Crippen molar-refractivity contribution < 1.29 is 9.84 Å². The van der Waals surface area contributed by atoms with E-state index in [1.807, 2.05) is 0 Å². The number of benzene rings is 1. The summed E-state index contributed by atoms with van der Waals surface area (Å²) in [4.78, 5) is 2.35. The minimum Gasteiger partial charge on any atom is -0.506 e. The zero-order valence-corrected chi connectivity index (χ0v) is 12.2. The summed E-state index contributed by atoms with van der Waals surface area (Å²) in [5.74, 6) is 0.102. The van der Waals surface area contributed by atoms with E-state index in [1.165, 1.54) is 6.07 Å². The van der Waals surface area contributed by atoms with Crippen LogP contribution in [0.3, 0.4) is 0 Å². The summed E-state index contributed by atoms with van der Waals surface area (Å²) < 4.78 is 5.29. The minimum absolute atomic E-state index is 0.102. The molecule has 1 heterocycles. The summed E-state index contributed by atoms with van der Waals surface area (Å²) in [6, 6.07) is 3.26. The standard InChI is InChI=1S/C13H18Cl2N2O2/c14-11-7-10(13(18)12(15)8-11)9-16-1-2-17-3-5-19-6-4-17/h7-8,16,18H,1-6,9H2. The number of phenolic OH excluding ortho intramolecular Hbond substituents is 1. The average Bonchev–Trinajstić information content (AvgIpc) is 2.41. The van der Waals surface area contributed by atoms with Gasteiger partial charge in [-0.25, -0.2) is 0 Å². The highest BCUT2D eigenvalue weighted by molar-refractivity contribution is 6.35. The molecular formula is C13H18Cl2N2O2. The van der Waals surface area contributed by atoms with Gasteiger partial charge in [0.25, 0.3) is 0 Å². The molecule has 1 aliphatic heterocycles. The second-order valence-corrected chi connectivity index (χ2v) is 5.37. The summed E-state index contributed by atoms with van der Waals surface area (Å²) in [7, 11) is 0. The molecule has 0 amide bonds. The van der Waals surface area contributed by atoms with Crippen molar-refractivity contribution in [1.29, 1.82) is 0 Å². The molecule has 6 heteroatoms. The second kappa shape index (κ2) is 7.31. The summed E-state index contributed by atoms with van der Waals surface area (Å²) in [6.07, 6.45) is 0. The Kier molecular flexibility index (Phi) is 5.73. The van der Waals surface area contributed by atoms with Crippen LogP contribution >= 0.6 is 23.2 Å². The predicted molar refractivity (Wildman–Crippen MR) is 77.1 cm³/mol. The average molecular weight is 305 g/mol. The molecule has 0 spiro atoms. The van der Waals surface area contributed by atoms with Crippen LogP contribution in [0.25, 0.3) is 0 Å². The van der Waals surface area contributed by atoms with Crippen LogP contribution in [0.2, 0.25) is 10.0 Å². The van der Waals surface area contributed by atoms with Crippen LogP contribution in [-0.4, -0.2) is 49.4 Å². The highest BCUT2D eigenvalue weighted by atomic mass is 35.5. The number of nitrogens with zero attached hydrogens (tertiary/aromatic N) is 1. The molecule has 0 aromatic heterocycles. The van der Waals surface area contributed by atoms with Crippen LogP contribution in [0.1, 0.15) is 5.56 Å². The third-order valence-corrected chi connectivity index (χ3v) is 3.64. The fourth-order valence-corrected chi connectivity index (χ4v) is 2.57. The molecule has 0 atom stereocenters. The highest BCUT2D eigenvalue weighted by Gasteiger charge is 2.10. The van der Waals surface area contributed by atoms with Crippen molar-refractivity contribution >= 4 is 23.2 Å². The van der Waals surface area contributed by atoms with E-state index in [9.17, 15) is 5.11 Å². The van der Waals surface area contributed by atoms with Crippen LogP contribution < -0.4 is 5.32 Å². The van der Waals surface area contributed by atoms with Gasteiger partial charge in [-0.3, -0.25) is 4.90 Å². The summed E-state index contributed by atoms with van der Waals surface area (Å²) >= 11 is 11.8. The fraction of sp³-hybridized carbons (Fsp3) is 0.538. The van der Waals surface area contributed by atoms with Crippen LogP contribution in [0.15, 0.2) is 12.1 Å². The molecule has 2 rings (SSSR count). The van der Waals surface area contributed by atoms with E-state index < -0.39 is 0 Å². The lowest BCUT2D eigenvalue weighted by Crippen LogP contribution is -2.40. The Hall–Kier alpha value is -0.520. The van der Waals surface area contributed by atoms with Gasteiger partial charge in [0, 0.05) is 43.3 Å². The van der Waals surface area contributed by atoms with Gasteiger partial charge in [-0.05, 0) is 12.1 Å². The lowest BCUT2D eigenvalue weighted by Gasteiger charge is -2.26. The van der Waals surface area contributed by atoms with Gasteiger partial charge in [0.15, 0.2) is 0 Å². The molecular weight excluding hydrogens is 287 g/mol. The molecule has 1 aliphatic rings. The maximum Gasteiger partial charge on any atom is 0.138 e. The van der Waals surface area contributed by atoms with E-state index in [4.69, 9.17) is 27.9 Å². The first-order valence-electron chi connectivity index (χ1n) is 6.34. The monoisotopic (exact) mass is 304 g/mol. The third kappa shape index (κ3) is 4.51. The first kappa shape index (κ1) is 14.9. The van der Waals surface area contributed by atoms with Crippen molar-refractivity contribution in [3.63, 3.8) is 0 Å². The fourth-order valence-electron chi connectivity index (χ4n) is 2.04. The molecule has 0 radical (unpaired) electrons. The Labute approximate surface area is 123 Å². The van der Waals surface area contributed by atoms with Crippen molar-refractivity contribution in [3.8, 4) is 5.75 Å². The normalized spacial score (nSPS) is 16.7. The zero-order chi connectivity index (χ0) is 13.7. The Morgan fingerprint density at radius 2 is 2.00 bits per heavy atom. The molecule has 19 heavy (non-hydrogen) atoms. The Morgan fingerprint density at radius 3 is 2.74 bits per heavy atom. The van der Waals surface area contributed by atoms with E-state index in [-0.39, 0.29) is 10.8 Å². The van der Waals surface area contributed by atoms with Gasteiger partial charge in [0.1, 0.15) is 5.75 Å². The summed E-state index contributed by atoms with van der Waals surface area (Å²) in [5, 5.41) is 13.9. The molecule has 0 saturated carbocycles. The number of rotatable bonds is 5. The SMILES string of the molecule is Oc1c(Cl)cc(Cl)cc1CNCCN1CCOCC1. The molecule has 0 unspecified atom stereocenters. The lowest BCUT2D eigenvalue weighted by molar-refractivity contribution is 0.0384. The zero-order valence-electron chi connectivity index (χ0n) is 10.7. The number of phenols is 1. The maximum atomic E-state index is 9.81. The van der Waals surface area contributed by atoms with Gasteiger partial charge < -0.3 is 15.2 Å². The van der Waals surface area contributed by atoms with Crippen LogP contribution in [0, 0.1) is 0 Å². The molecule has 0 aliphatic carbocycles. The maximum absolute atomic E-state index is 9.81. The molecule has 1 saturated heterocycles. The quantitative estimate of drug-likeness (QED) is 0.818. The smallest absolute Gasteiger partial charge is 0.138 e. The van der Waals surface area contributed by atoms with Crippen LogP contribution in [0.4, 0.5) is 0 Å². The van der Waals surface area contributed by atoms with Crippen LogP contribution in [-0.2, 0) is 11.3 Å². The van der Waals surface area contributed by atoms with Crippen LogP contribution in [0.5, 0.6) is 5.75 Å². The van der Waals surface area contributed by atoms with Gasteiger partial charge >= 0.3 is 0 Å². The Balaban J connectivity index is 1.76. The number of halogens is 2. The lowest BCUT2D eigenvalue weighted by atomic mass is 10.2. The topological polar surface area (TPSA) is 44.7 Å². The summed E-state index contributed by atoms with van der Waals surface area (Å²) in [6.45, 7) is 5.96. The van der Waals surface area contributed by atoms with Crippen molar-refractivity contribution in [3.05, 3.63) is 27.7 Å². The largest absolute Gasteiger partial charge is 0.506 e. The number of aromatic hydroxyl groups is 1. The number of nitrogens with one attached hydrogen (secondary N) is 1. The van der Waals surface area contributed by atoms with Gasteiger partial charge in [0.2, 0.25) is 0 Å². The van der Waals surface area contributed by atoms with Gasteiger partial charge in [-0.2, -0.15) is 0 Å². The Morgan fingerprint density at radius 1 is 1.26 bits per heavy atom. The summed E-state index contributed by atoms with van der Waals surface area (Å²) in [5.41, 5.74) is 0.722. The van der Waals surface area contributed by atoms with E-state index in [2.05, 4.69) is 10.2 Å². The predicted octanol–water partition coefficient (Wildman–Crippen LogP) is 2.12. The number of hydrogen-bond donors (Lipinski definition) is 2. The molecule has 4 nitrogen and oxygen atoms in total. The molecule has 2 N–H and O–H groups in total. The van der Waals surface area contributed by atoms with E-state index in [1.54, 1.807) is 6.07 Å². The number of ether oxygens (including phenoxy) is 1. The number of hydrogen-bond acceptors (Lipinski definition) is 4.